The van der Waals surface area contributed by atoms with Gasteiger partial charge in [-0.05, 0) is 101 Å². The van der Waals surface area contributed by atoms with Crippen molar-refractivity contribution >= 4 is 81.7 Å². The molecule has 0 saturated carbocycles. The van der Waals surface area contributed by atoms with Crippen LogP contribution >= 0.6 is 0 Å². The van der Waals surface area contributed by atoms with Gasteiger partial charge in [0.15, 0.2) is 0 Å². The molecule has 0 fully saturated rings. The van der Waals surface area contributed by atoms with E-state index in [1.54, 1.807) is 0 Å². The average Bonchev–Trinajstić information content (AvgIpc) is 3.17. The Morgan fingerprint density at radius 3 is 1.39 bits per heavy atom. The van der Waals surface area contributed by atoms with E-state index in [4.69, 9.17) is 0 Å². The molecule has 0 heterocycles. The third kappa shape index (κ3) is 4.47. The van der Waals surface area contributed by atoms with Crippen LogP contribution in [0.4, 0.5) is 17.1 Å². The van der Waals surface area contributed by atoms with Gasteiger partial charge in [0.25, 0.3) is 0 Å². The summed E-state index contributed by atoms with van der Waals surface area (Å²) in [5.41, 5.74) is 5.88. The Morgan fingerprint density at radius 1 is 0.286 bits per heavy atom. The first-order valence-corrected chi connectivity index (χ1v) is 16.9. The smallest absolute Gasteiger partial charge is 0.0546 e. The minimum Gasteiger partial charge on any atom is -0.310 e. The van der Waals surface area contributed by atoms with Gasteiger partial charge in [-0.2, -0.15) is 0 Å². The summed E-state index contributed by atoms with van der Waals surface area (Å²) in [4.78, 5) is 2.47. The Balaban J connectivity index is 1.29. The maximum atomic E-state index is 2.47. The highest BCUT2D eigenvalue weighted by Gasteiger charge is 2.20. The van der Waals surface area contributed by atoms with E-state index in [0.717, 1.165) is 17.1 Å². The maximum Gasteiger partial charge on any atom is 0.0546 e. The van der Waals surface area contributed by atoms with Crippen molar-refractivity contribution in [3.63, 3.8) is 0 Å². The second kappa shape index (κ2) is 11.1. The molecular weight excluding hydrogens is 591 g/mol. The minimum absolute atomic E-state index is 1.13. The molecule has 10 rings (SSSR count). The van der Waals surface area contributed by atoms with Gasteiger partial charge in [-0.1, -0.05) is 158 Å². The summed E-state index contributed by atoms with van der Waals surface area (Å²) in [5, 5.41) is 15.0. The summed E-state index contributed by atoms with van der Waals surface area (Å²) >= 11 is 0. The van der Waals surface area contributed by atoms with Gasteiger partial charge in [0.05, 0.1) is 5.69 Å². The molecule has 0 aromatic heterocycles. The van der Waals surface area contributed by atoms with E-state index in [1.165, 1.54) is 75.8 Å². The van der Waals surface area contributed by atoms with Crippen LogP contribution in [0.5, 0.6) is 0 Å². The third-order valence-electron chi connectivity index (χ3n) is 10.2. The van der Waals surface area contributed by atoms with Gasteiger partial charge >= 0.3 is 0 Å². The van der Waals surface area contributed by atoms with Crippen molar-refractivity contribution in [3.05, 3.63) is 188 Å². The fraction of sp³-hybridized carbons (Fsp3) is 0. The zero-order chi connectivity index (χ0) is 32.3. The molecule has 49 heavy (non-hydrogen) atoms. The molecule has 0 atom stereocenters. The highest BCUT2D eigenvalue weighted by atomic mass is 15.1. The zero-order valence-electron chi connectivity index (χ0n) is 26.8. The Morgan fingerprint density at radius 2 is 0.755 bits per heavy atom. The van der Waals surface area contributed by atoms with Crippen LogP contribution in [0.1, 0.15) is 0 Å². The highest BCUT2D eigenvalue weighted by molar-refractivity contribution is 6.20. The summed E-state index contributed by atoms with van der Waals surface area (Å²) in [6.07, 6.45) is 0. The first-order valence-electron chi connectivity index (χ1n) is 16.9. The van der Waals surface area contributed by atoms with Gasteiger partial charge < -0.3 is 4.90 Å². The van der Waals surface area contributed by atoms with Crippen LogP contribution in [0, 0.1) is 0 Å². The van der Waals surface area contributed by atoms with Crippen molar-refractivity contribution in [1.82, 2.24) is 0 Å². The summed E-state index contributed by atoms with van der Waals surface area (Å²) in [6.45, 7) is 0. The van der Waals surface area contributed by atoms with Crippen LogP contribution in [0.25, 0.3) is 75.8 Å². The van der Waals surface area contributed by atoms with Crippen molar-refractivity contribution in [2.75, 3.05) is 4.90 Å². The number of rotatable bonds is 4. The Kier molecular flexibility index (Phi) is 6.25. The molecule has 10 aromatic rings. The fourth-order valence-corrected chi connectivity index (χ4v) is 7.89. The van der Waals surface area contributed by atoms with Crippen molar-refractivity contribution in [1.29, 1.82) is 0 Å². The van der Waals surface area contributed by atoms with E-state index >= 15 is 0 Å². The Labute approximate surface area is 284 Å². The van der Waals surface area contributed by atoms with E-state index in [9.17, 15) is 0 Å². The SMILES string of the molecule is c1ccc(-c2cccc3ccc4cccc(N(c5ccc6c(ccc7ccccc76)c5)c5ccc6c(ccc7ccccc76)c5)c4c23)cc1. The van der Waals surface area contributed by atoms with Crippen molar-refractivity contribution in [2.45, 2.75) is 0 Å². The van der Waals surface area contributed by atoms with Crippen LogP contribution in [0.2, 0.25) is 0 Å². The predicted molar refractivity (Wildman–Crippen MR) is 212 cm³/mol. The number of benzene rings is 10. The maximum absolute atomic E-state index is 2.47. The molecule has 0 aliphatic heterocycles. The largest absolute Gasteiger partial charge is 0.310 e. The normalized spacial score (nSPS) is 11.7. The lowest BCUT2D eigenvalue weighted by Crippen LogP contribution is -2.11. The molecule has 0 amide bonds. The van der Waals surface area contributed by atoms with Crippen molar-refractivity contribution in [2.24, 2.45) is 0 Å². The van der Waals surface area contributed by atoms with Crippen LogP contribution < -0.4 is 4.90 Å². The lowest BCUT2D eigenvalue weighted by molar-refractivity contribution is 1.31. The van der Waals surface area contributed by atoms with Crippen LogP contribution in [-0.4, -0.2) is 0 Å². The van der Waals surface area contributed by atoms with Gasteiger partial charge in [0.1, 0.15) is 0 Å². The molecule has 0 aliphatic carbocycles. The molecule has 0 aliphatic rings. The molecule has 1 nitrogen and oxygen atoms in total. The average molecular weight is 622 g/mol. The van der Waals surface area contributed by atoms with Gasteiger partial charge in [0, 0.05) is 16.8 Å². The molecule has 0 N–H and O–H groups in total. The molecule has 0 spiro atoms. The number of anilines is 3. The first kappa shape index (κ1) is 27.7. The molecule has 0 saturated heterocycles. The second-order valence-electron chi connectivity index (χ2n) is 12.9. The molecule has 10 aromatic carbocycles. The van der Waals surface area contributed by atoms with E-state index in [2.05, 4.69) is 193 Å². The summed E-state index contributed by atoms with van der Waals surface area (Å²) < 4.78 is 0. The van der Waals surface area contributed by atoms with E-state index in [1.807, 2.05) is 0 Å². The third-order valence-corrected chi connectivity index (χ3v) is 10.2. The van der Waals surface area contributed by atoms with Gasteiger partial charge in [-0.15, -0.1) is 0 Å². The summed E-state index contributed by atoms with van der Waals surface area (Å²) in [7, 11) is 0. The molecule has 0 bridgehead atoms. The number of hydrogen-bond acceptors (Lipinski definition) is 1. The molecular formula is C48H31N. The highest BCUT2D eigenvalue weighted by Crippen LogP contribution is 2.45. The zero-order valence-corrected chi connectivity index (χ0v) is 26.8. The van der Waals surface area contributed by atoms with Crippen LogP contribution in [0.3, 0.4) is 0 Å². The number of nitrogens with zero attached hydrogens (tertiary/aromatic N) is 1. The monoisotopic (exact) mass is 621 g/mol. The summed E-state index contributed by atoms with van der Waals surface area (Å²) in [6, 6.07) is 69.0. The van der Waals surface area contributed by atoms with E-state index in [0.29, 0.717) is 0 Å². The second-order valence-corrected chi connectivity index (χ2v) is 12.9. The molecule has 228 valence electrons. The van der Waals surface area contributed by atoms with Gasteiger partial charge in [-0.3, -0.25) is 0 Å². The summed E-state index contributed by atoms with van der Waals surface area (Å²) in [5.74, 6) is 0. The Hall–Kier alpha value is -6.44. The van der Waals surface area contributed by atoms with E-state index in [-0.39, 0.29) is 0 Å². The Bertz CT molecular complexity index is 2770. The minimum atomic E-state index is 1.13. The van der Waals surface area contributed by atoms with Crippen LogP contribution in [0.15, 0.2) is 188 Å². The van der Waals surface area contributed by atoms with E-state index < -0.39 is 0 Å². The molecule has 1 heteroatoms. The standard InChI is InChI=1S/C48H31N/c1-2-10-32(11-3-1)45-18-8-14-35-22-23-36-15-9-19-46(48(36)47(35)45)49(39-26-28-43-37(30-39)24-20-33-12-4-6-16-41(33)43)40-27-29-44-38(31-40)25-21-34-13-5-7-17-42(34)44/h1-31H. The number of hydrogen-bond donors (Lipinski definition) is 0. The fourth-order valence-electron chi connectivity index (χ4n) is 7.89. The predicted octanol–water partition coefficient (Wildman–Crippen LogP) is 13.7. The van der Waals surface area contributed by atoms with Crippen LogP contribution in [-0.2, 0) is 0 Å². The lowest BCUT2D eigenvalue weighted by atomic mass is 9.92. The number of fused-ring (bicyclic) bond motifs is 9. The lowest BCUT2D eigenvalue weighted by Gasteiger charge is -2.28. The van der Waals surface area contributed by atoms with Gasteiger partial charge in [0.2, 0.25) is 0 Å². The van der Waals surface area contributed by atoms with Crippen molar-refractivity contribution < 1.29 is 0 Å². The quantitative estimate of drug-likeness (QED) is 0.177. The first-order chi connectivity index (χ1) is 24.3. The van der Waals surface area contributed by atoms with Gasteiger partial charge in [-0.25, -0.2) is 0 Å². The topological polar surface area (TPSA) is 3.24 Å². The van der Waals surface area contributed by atoms with Crippen molar-refractivity contribution in [3.8, 4) is 11.1 Å². The molecule has 0 unspecified atom stereocenters. The molecule has 0 radical (unpaired) electrons.